The molecule has 1 atom stereocenters. The first-order chi connectivity index (χ1) is 5.58. The normalized spacial score (nSPS) is 16.0. The minimum atomic E-state index is -1.07. The Morgan fingerprint density at radius 3 is 2.83 bits per heavy atom. The van der Waals surface area contributed by atoms with E-state index in [1.807, 2.05) is 0 Å². The molecule has 0 saturated carbocycles. The molecule has 1 N–H and O–H groups in total. The van der Waals surface area contributed by atoms with Crippen molar-refractivity contribution >= 4 is 15.9 Å². The molecule has 1 unspecified atom stereocenters. The fraction of sp³-hybridized carbons (Fsp3) is 0.500. The maximum Gasteiger partial charge on any atom is 0.151 e. The van der Waals surface area contributed by atoms with Crippen molar-refractivity contribution in [2.45, 2.75) is 12.5 Å². The third-order valence-corrected chi connectivity index (χ3v) is 2.16. The minimum absolute atomic E-state index is 0.207. The van der Waals surface area contributed by atoms with Crippen LogP contribution in [-0.4, -0.2) is 18.8 Å². The molecule has 0 spiro atoms. The highest BCUT2D eigenvalue weighted by Crippen LogP contribution is 2.29. The van der Waals surface area contributed by atoms with Crippen molar-refractivity contribution in [2.24, 2.45) is 0 Å². The molecule has 1 aromatic rings. The molecule has 3 nitrogen and oxygen atoms in total. The molecule has 0 aromatic carbocycles. The van der Waals surface area contributed by atoms with Crippen molar-refractivity contribution in [2.75, 3.05) is 13.7 Å². The Morgan fingerprint density at radius 1 is 1.75 bits per heavy atom. The van der Waals surface area contributed by atoms with Gasteiger partial charge in [0.2, 0.25) is 0 Å². The first-order valence-corrected chi connectivity index (χ1v) is 4.32. The summed E-state index contributed by atoms with van der Waals surface area (Å²) in [4.78, 5) is 0. The standard InChI is InChI=1S/C8H11BrO3/c1-8(10,5-11-2)7-6(9)3-4-12-7/h3-4,10H,5H2,1-2H3. The molecule has 0 fully saturated rings. The molecule has 0 bridgehead atoms. The van der Waals surface area contributed by atoms with Gasteiger partial charge in [-0.1, -0.05) is 0 Å². The second-order valence-electron chi connectivity index (χ2n) is 2.80. The Balaban J connectivity index is 2.88. The minimum Gasteiger partial charge on any atom is -0.465 e. The van der Waals surface area contributed by atoms with Gasteiger partial charge in [0.1, 0.15) is 5.60 Å². The zero-order chi connectivity index (χ0) is 9.19. The highest BCUT2D eigenvalue weighted by atomic mass is 79.9. The quantitative estimate of drug-likeness (QED) is 0.869. The van der Waals surface area contributed by atoms with Gasteiger partial charge in [-0.15, -0.1) is 0 Å². The fourth-order valence-corrected chi connectivity index (χ4v) is 1.65. The molecule has 0 amide bonds. The molecule has 12 heavy (non-hydrogen) atoms. The Kier molecular flexibility index (Phi) is 2.93. The van der Waals surface area contributed by atoms with Gasteiger partial charge in [0.25, 0.3) is 0 Å². The third-order valence-electron chi connectivity index (χ3n) is 1.53. The van der Waals surface area contributed by atoms with E-state index in [9.17, 15) is 5.11 Å². The summed E-state index contributed by atoms with van der Waals surface area (Å²) in [6.07, 6.45) is 1.52. The largest absolute Gasteiger partial charge is 0.465 e. The second-order valence-corrected chi connectivity index (χ2v) is 3.66. The molecular formula is C8H11BrO3. The van der Waals surface area contributed by atoms with Crippen molar-refractivity contribution < 1.29 is 14.3 Å². The van der Waals surface area contributed by atoms with Crippen molar-refractivity contribution in [3.63, 3.8) is 0 Å². The van der Waals surface area contributed by atoms with E-state index in [0.29, 0.717) is 5.76 Å². The highest BCUT2D eigenvalue weighted by Gasteiger charge is 2.28. The van der Waals surface area contributed by atoms with Gasteiger partial charge in [0, 0.05) is 7.11 Å². The van der Waals surface area contributed by atoms with E-state index in [1.165, 1.54) is 13.4 Å². The van der Waals surface area contributed by atoms with Crippen LogP contribution in [0.25, 0.3) is 0 Å². The molecule has 4 heteroatoms. The third kappa shape index (κ3) is 1.88. The summed E-state index contributed by atoms with van der Waals surface area (Å²) in [5.74, 6) is 0.490. The Labute approximate surface area is 79.5 Å². The van der Waals surface area contributed by atoms with Crippen LogP contribution in [0.5, 0.6) is 0 Å². The average Bonchev–Trinajstić information content (AvgIpc) is 2.35. The number of aliphatic hydroxyl groups is 1. The van der Waals surface area contributed by atoms with Crippen molar-refractivity contribution in [1.82, 2.24) is 0 Å². The lowest BCUT2D eigenvalue weighted by atomic mass is 10.1. The van der Waals surface area contributed by atoms with Crippen molar-refractivity contribution in [3.05, 3.63) is 22.6 Å². The average molecular weight is 235 g/mol. The summed E-state index contributed by atoms with van der Waals surface area (Å²) in [5, 5.41) is 9.81. The molecule has 0 saturated heterocycles. The number of furan rings is 1. The Morgan fingerprint density at radius 2 is 2.42 bits per heavy atom. The maximum absolute atomic E-state index is 9.81. The van der Waals surface area contributed by atoms with Gasteiger partial charge in [-0.2, -0.15) is 0 Å². The van der Waals surface area contributed by atoms with Gasteiger partial charge in [-0.3, -0.25) is 0 Å². The van der Waals surface area contributed by atoms with Crippen LogP contribution in [0.15, 0.2) is 21.2 Å². The van der Waals surface area contributed by atoms with E-state index in [0.717, 1.165) is 4.47 Å². The summed E-state index contributed by atoms with van der Waals surface area (Å²) < 4.78 is 10.7. The van der Waals surface area contributed by atoms with Crippen LogP contribution >= 0.6 is 15.9 Å². The zero-order valence-corrected chi connectivity index (χ0v) is 8.59. The number of hydrogen-bond acceptors (Lipinski definition) is 3. The number of halogens is 1. The summed E-state index contributed by atoms with van der Waals surface area (Å²) in [7, 11) is 1.53. The molecule has 68 valence electrons. The molecule has 1 aromatic heterocycles. The number of rotatable bonds is 3. The van der Waals surface area contributed by atoms with E-state index in [2.05, 4.69) is 15.9 Å². The fourth-order valence-electron chi connectivity index (χ4n) is 1.02. The van der Waals surface area contributed by atoms with Crippen LogP contribution in [-0.2, 0) is 10.3 Å². The topological polar surface area (TPSA) is 42.6 Å². The molecule has 1 heterocycles. The number of ether oxygens (including phenoxy) is 1. The summed E-state index contributed by atoms with van der Waals surface area (Å²) in [6, 6.07) is 1.74. The molecule has 0 aliphatic carbocycles. The SMILES string of the molecule is COCC(C)(O)c1occc1Br. The highest BCUT2D eigenvalue weighted by molar-refractivity contribution is 9.10. The van der Waals surface area contributed by atoms with Gasteiger partial charge in [0.15, 0.2) is 5.76 Å². The molecule has 0 aliphatic heterocycles. The lowest BCUT2D eigenvalue weighted by molar-refractivity contribution is -0.0365. The van der Waals surface area contributed by atoms with Crippen LogP contribution in [0.3, 0.4) is 0 Å². The monoisotopic (exact) mass is 234 g/mol. The first kappa shape index (κ1) is 9.77. The van der Waals surface area contributed by atoms with Gasteiger partial charge in [-0.25, -0.2) is 0 Å². The summed E-state index contributed by atoms with van der Waals surface area (Å²) in [5.41, 5.74) is -1.07. The van der Waals surface area contributed by atoms with Crippen LogP contribution in [0.2, 0.25) is 0 Å². The lowest BCUT2D eigenvalue weighted by Gasteiger charge is -2.19. The first-order valence-electron chi connectivity index (χ1n) is 3.52. The van der Waals surface area contributed by atoms with Crippen molar-refractivity contribution in [1.29, 1.82) is 0 Å². The predicted molar refractivity (Wildman–Crippen MR) is 47.9 cm³/mol. The van der Waals surface area contributed by atoms with Crippen LogP contribution in [0, 0.1) is 0 Å². The predicted octanol–water partition coefficient (Wildman–Crippen LogP) is 1.90. The van der Waals surface area contributed by atoms with E-state index >= 15 is 0 Å². The molecular weight excluding hydrogens is 224 g/mol. The van der Waals surface area contributed by atoms with E-state index in [1.54, 1.807) is 13.0 Å². The van der Waals surface area contributed by atoms with Gasteiger partial charge >= 0.3 is 0 Å². The van der Waals surface area contributed by atoms with Crippen molar-refractivity contribution in [3.8, 4) is 0 Å². The smallest absolute Gasteiger partial charge is 0.151 e. The summed E-state index contributed by atoms with van der Waals surface area (Å²) >= 11 is 3.26. The number of methoxy groups -OCH3 is 1. The van der Waals surface area contributed by atoms with Gasteiger partial charge in [0.05, 0.1) is 17.3 Å². The summed E-state index contributed by atoms with van der Waals surface area (Å²) in [6.45, 7) is 1.85. The van der Waals surface area contributed by atoms with Crippen LogP contribution in [0.1, 0.15) is 12.7 Å². The number of hydrogen-bond donors (Lipinski definition) is 1. The Bertz CT molecular complexity index is 255. The van der Waals surface area contributed by atoms with Crippen LogP contribution < -0.4 is 0 Å². The molecule has 1 rings (SSSR count). The molecule has 0 aliphatic rings. The van der Waals surface area contributed by atoms with E-state index < -0.39 is 5.60 Å². The maximum atomic E-state index is 9.81. The van der Waals surface area contributed by atoms with Crippen LogP contribution in [0.4, 0.5) is 0 Å². The second kappa shape index (κ2) is 3.60. The molecule has 0 radical (unpaired) electrons. The van der Waals surface area contributed by atoms with Gasteiger partial charge in [-0.05, 0) is 28.9 Å². The van der Waals surface area contributed by atoms with Gasteiger partial charge < -0.3 is 14.3 Å². The Hall–Kier alpha value is -0.320. The lowest BCUT2D eigenvalue weighted by Crippen LogP contribution is -2.26. The zero-order valence-electron chi connectivity index (χ0n) is 7.00. The van der Waals surface area contributed by atoms with E-state index in [4.69, 9.17) is 9.15 Å². The van der Waals surface area contributed by atoms with E-state index in [-0.39, 0.29) is 6.61 Å².